The highest BCUT2D eigenvalue weighted by Gasteiger charge is 2.32. The van der Waals surface area contributed by atoms with Gasteiger partial charge in [0.1, 0.15) is 0 Å². The number of aryl methyl sites for hydroxylation is 1. The van der Waals surface area contributed by atoms with E-state index in [2.05, 4.69) is 15.9 Å². The molecule has 0 N–H and O–H groups in total. The second-order valence-corrected chi connectivity index (χ2v) is 7.26. The van der Waals surface area contributed by atoms with E-state index < -0.39 is 15.6 Å². The second kappa shape index (κ2) is 5.08. The van der Waals surface area contributed by atoms with Gasteiger partial charge in [-0.15, -0.1) is 0 Å². The van der Waals surface area contributed by atoms with Gasteiger partial charge in [-0.25, -0.2) is 8.42 Å². The molecule has 0 amide bonds. The molecule has 0 atom stereocenters. The molecule has 0 aromatic heterocycles. The minimum atomic E-state index is -3.42. The molecule has 0 unspecified atom stereocenters. The molecule has 17 heavy (non-hydrogen) atoms. The van der Waals surface area contributed by atoms with E-state index in [9.17, 15) is 8.42 Å². The van der Waals surface area contributed by atoms with Crippen molar-refractivity contribution in [1.82, 2.24) is 4.31 Å². The van der Waals surface area contributed by atoms with Crippen molar-refractivity contribution < 1.29 is 8.42 Å². The van der Waals surface area contributed by atoms with Gasteiger partial charge in [0.15, 0.2) is 0 Å². The highest BCUT2D eigenvalue weighted by Crippen LogP contribution is 2.24. The van der Waals surface area contributed by atoms with E-state index in [-0.39, 0.29) is 0 Å². The van der Waals surface area contributed by atoms with Crippen LogP contribution in [0, 0.1) is 6.92 Å². The number of alkyl halides is 1. The molecule has 1 aromatic rings. The first-order chi connectivity index (χ1) is 7.71. The van der Waals surface area contributed by atoms with E-state index in [0.717, 1.165) is 5.56 Å². The number of sulfonamides is 1. The summed E-state index contributed by atoms with van der Waals surface area (Å²) in [5.41, 5.74) is 0.593. The van der Waals surface area contributed by atoms with Gasteiger partial charge in [-0.2, -0.15) is 4.31 Å². The molecule has 0 spiro atoms. The number of hydrogen-bond acceptors (Lipinski definition) is 2. The molecule has 0 aliphatic rings. The van der Waals surface area contributed by atoms with Gasteiger partial charge in [0.2, 0.25) is 10.0 Å². The maximum Gasteiger partial charge on any atom is 0.243 e. The Bertz CT molecular complexity index is 480. The van der Waals surface area contributed by atoms with Gasteiger partial charge in [0.05, 0.1) is 4.90 Å². The maximum absolute atomic E-state index is 12.4. The van der Waals surface area contributed by atoms with Crippen LogP contribution in [0.25, 0.3) is 0 Å². The van der Waals surface area contributed by atoms with Crippen molar-refractivity contribution in [1.29, 1.82) is 0 Å². The van der Waals surface area contributed by atoms with Crippen LogP contribution in [0.3, 0.4) is 0 Å². The Morgan fingerprint density at radius 2 is 1.71 bits per heavy atom. The lowest BCUT2D eigenvalue weighted by atomic mass is 10.1. The number of halogens is 1. The number of hydrogen-bond donors (Lipinski definition) is 0. The van der Waals surface area contributed by atoms with E-state index in [4.69, 9.17) is 0 Å². The molecular formula is C12H18BrNO2S. The van der Waals surface area contributed by atoms with Crippen molar-refractivity contribution in [3.8, 4) is 0 Å². The third-order valence-corrected chi connectivity index (χ3v) is 6.31. The summed E-state index contributed by atoms with van der Waals surface area (Å²) < 4.78 is 26.1. The van der Waals surface area contributed by atoms with Gasteiger partial charge in [-0.3, -0.25) is 0 Å². The van der Waals surface area contributed by atoms with Crippen LogP contribution in [0.4, 0.5) is 0 Å². The number of rotatable bonds is 4. The standard InChI is InChI=1S/C12H18BrNO2S/c1-10-5-7-11(8-6-10)17(15,16)14(4)12(2,3)9-13/h5-8H,9H2,1-4H3. The minimum absolute atomic E-state index is 0.333. The zero-order valence-corrected chi connectivity index (χ0v) is 13.0. The highest BCUT2D eigenvalue weighted by atomic mass is 79.9. The summed E-state index contributed by atoms with van der Waals surface area (Å²) in [6, 6.07) is 6.90. The molecule has 5 heteroatoms. The van der Waals surface area contributed by atoms with Crippen LogP contribution >= 0.6 is 15.9 Å². The van der Waals surface area contributed by atoms with Crippen LogP contribution < -0.4 is 0 Å². The lowest BCUT2D eigenvalue weighted by Crippen LogP contribution is -2.46. The molecule has 0 fully saturated rings. The fourth-order valence-electron chi connectivity index (χ4n) is 1.28. The fraction of sp³-hybridized carbons (Fsp3) is 0.500. The van der Waals surface area contributed by atoms with Crippen molar-refractivity contribution in [3.05, 3.63) is 29.8 Å². The zero-order valence-electron chi connectivity index (χ0n) is 10.6. The summed E-state index contributed by atoms with van der Waals surface area (Å²) in [4.78, 5) is 0.333. The molecule has 0 radical (unpaired) electrons. The summed E-state index contributed by atoms with van der Waals surface area (Å²) in [7, 11) is -1.81. The number of nitrogens with zero attached hydrogens (tertiary/aromatic N) is 1. The summed E-state index contributed by atoms with van der Waals surface area (Å²) in [5.74, 6) is 0. The molecule has 0 aliphatic heterocycles. The Morgan fingerprint density at radius 1 is 1.24 bits per heavy atom. The SMILES string of the molecule is Cc1ccc(S(=O)(=O)N(C)C(C)(C)CBr)cc1. The van der Waals surface area contributed by atoms with E-state index in [1.165, 1.54) is 4.31 Å². The maximum atomic E-state index is 12.4. The van der Waals surface area contributed by atoms with Crippen molar-refractivity contribution in [2.45, 2.75) is 31.2 Å². The largest absolute Gasteiger partial charge is 0.243 e. The Kier molecular flexibility index (Phi) is 4.38. The molecule has 0 heterocycles. The molecule has 0 saturated heterocycles. The van der Waals surface area contributed by atoms with E-state index >= 15 is 0 Å². The van der Waals surface area contributed by atoms with Gasteiger partial charge >= 0.3 is 0 Å². The van der Waals surface area contributed by atoms with Gasteiger partial charge in [0, 0.05) is 17.9 Å². The summed E-state index contributed by atoms with van der Waals surface area (Å²) in [5, 5.41) is 0.585. The average molecular weight is 320 g/mol. The Hall–Kier alpha value is -0.390. The third-order valence-electron chi connectivity index (χ3n) is 2.86. The monoisotopic (exact) mass is 319 g/mol. The normalized spacial score (nSPS) is 13.1. The van der Waals surface area contributed by atoms with Gasteiger partial charge in [-0.05, 0) is 32.9 Å². The van der Waals surface area contributed by atoms with Gasteiger partial charge in [0.25, 0.3) is 0 Å². The fourth-order valence-corrected chi connectivity index (χ4v) is 3.33. The molecule has 0 saturated carbocycles. The molecular weight excluding hydrogens is 302 g/mol. The van der Waals surface area contributed by atoms with E-state index in [0.29, 0.717) is 10.2 Å². The van der Waals surface area contributed by atoms with Crippen molar-refractivity contribution in [2.24, 2.45) is 0 Å². The van der Waals surface area contributed by atoms with Crippen molar-refractivity contribution in [3.63, 3.8) is 0 Å². The van der Waals surface area contributed by atoms with Gasteiger partial charge in [-0.1, -0.05) is 33.6 Å². The van der Waals surface area contributed by atoms with Crippen LogP contribution in [0.5, 0.6) is 0 Å². The Labute approximate surface area is 112 Å². The van der Waals surface area contributed by atoms with Crippen LogP contribution in [-0.4, -0.2) is 30.6 Å². The topological polar surface area (TPSA) is 37.4 Å². The second-order valence-electron chi connectivity index (χ2n) is 4.73. The summed E-state index contributed by atoms with van der Waals surface area (Å²) in [6.07, 6.45) is 0. The zero-order chi connectivity index (χ0) is 13.3. The lowest BCUT2D eigenvalue weighted by molar-refractivity contribution is 0.299. The minimum Gasteiger partial charge on any atom is -0.207 e. The Morgan fingerprint density at radius 3 is 2.12 bits per heavy atom. The smallest absolute Gasteiger partial charge is 0.207 e. The van der Waals surface area contributed by atoms with E-state index in [1.807, 2.05) is 32.9 Å². The van der Waals surface area contributed by atoms with Crippen LogP contribution in [-0.2, 0) is 10.0 Å². The van der Waals surface area contributed by atoms with Gasteiger partial charge < -0.3 is 0 Å². The molecule has 96 valence electrons. The Balaban J connectivity index is 3.16. The first kappa shape index (κ1) is 14.7. The van der Waals surface area contributed by atoms with Crippen LogP contribution in [0.15, 0.2) is 29.2 Å². The average Bonchev–Trinajstić information content (AvgIpc) is 2.28. The number of benzene rings is 1. The summed E-state index contributed by atoms with van der Waals surface area (Å²) in [6.45, 7) is 5.70. The lowest BCUT2D eigenvalue weighted by Gasteiger charge is -2.32. The predicted octanol–water partition coefficient (Wildman–Crippen LogP) is 2.79. The first-order valence-corrected chi connectivity index (χ1v) is 7.89. The third kappa shape index (κ3) is 3.09. The van der Waals surface area contributed by atoms with Crippen molar-refractivity contribution in [2.75, 3.05) is 12.4 Å². The first-order valence-electron chi connectivity index (χ1n) is 5.33. The van der Waals surface area contributed by atoms with Crippen LogP contribution in [0.1, 0.15) is 19.4 Å². The van der Waals surface area contributed by atoms with Crippen LogP contribution in [0.2, 0.25) is 0 Å². The predicted molar refractivity (Wildman–Crippen MR) is 74.0 cm³/mol. The summed E-state index contributed by atoms with van der Waals surface area (Å²) >= 11 is 3.34. The molecule has 1 rings (SSSR count). The molecule has 0 bridgehead atoms. The molecule has 3 nitrogen and oxygen atoms in total. The quantitative estimate of drug-likeness (QED) is 0.800. The molecule has 0 aliphatic carbocycles. The van der Waals surface area contributed by atoms with Crippen molar-refractivity contribution >= 4 is 26.0 Å². The molecule has 1 aromatic carbocycles. The van der Waals surface area contributed by atoms with E-state index in [1.54, 1.807) is 19.2 Å². The highest BCUT2D eigenvalue weighted by molar-refractivity contribution is 9.09.